The van der Waals surface area contributed by atoms with Crippen LogP contribution in [0.3, 0.4) is 0 Å². The van der Waals surface area contributed by atoms with Gasteiger partial charge in [0.25, 0.3) is 0 Å². The van der Waals surface area contributed by atoms with E-state index in [1.807, 2.05) is 26.0 Å². The molecule has 0 spiro atoms. The summed E-state index contributed by atoms with van der Waals surface area (Å²) in [6, 6.07) is 5.73. The SMILES string of the molecule is Cc1cc(Nc2nc(Nc3cc(C)c([C@H]4CCN[C@@H](C)C4)cc3F)ncc2Cl)n[nH]1. The molecule has 1 fully saturated rings. The van der Waals surface area contributed by atoms with E-state index < -0.39 is 0 Å². The Kier molecular flexibility index (Phi) is 5.87. The van der Waals surface area contributed by atoms with Gasteiger partial charge >= 0.3 is 0 Å². The summed E-state index contributed by atoms with van der Waals surface area (Å²) in [5.74, 6) is 1.26. The number of piperidine rings is 1. The highest BCUT2D eigenvalue weighted by Crippen LogP contribution is 2.33. The van der Waals surface area contributed by atoms with E-state index in [4.69, 9.17) is 11.6 Å². The van der Waals surface area contributed by atoms with Gasteiger partial charge < -0.3 is 16.0 Å². The molecule has 4 rings (SSSR count). The summed E-state index contributed by atoms with van der Waals surface area (Å²) < 4.78 is 14.9. The smallest absolute Gasteiger partial charge is 0.229 e. The van der Waals surface area contributed by atoms with Gasteiger partial charge in [0.15, 0.2) is 11.6 Å². The van der Waals surface area contributed by atoms with Crippen molar-refractivity contribution in [3.8, 4) is 0 Å². The van der Waals surface area contributed by atoms with E-state index in [1.165, 1.54) is 6.20 Å². The molecule has 1 saturated heterocycles. The minimum atomic E-state index is -0.322. The van der Waals surface area contributed by atoms with Crippen LogP contribution in [-0.4, -0.2) is 32.8 Å². The Labute approximate surface area is 179 Å². The van der Waals surface area contributed by atoms with E-state index in [9.17, 15) is 4.39 Å². The lowest BCUT2D eigenvalue weighted by Crippen LogP contribution is -2.35. The maximum Gasteiger partial charge on any atom is 0.229 e. The minimum Gasteiger partial charge on any atom is -0.322 e. The van der Waals surface area contributed by atoms with Crippen molar-refractivity contribution in [2.75, 3.05) is 17.2 Å². The molecule has 0 aliphatic carbocycles. The van der Waals surface area contributed by atoms with Crippen molar-refractivity contribution < 1.29 is 4.39 Å². The third-order valence-corrected chi connectivity index (χ3v) is 5.64. The first kappa shape index (κ1) is 20.6. The van der Waals surface area contributed by atoms with Crippen molar-refractivity contribution in [1.29, 1.82) is 0 Å². The monoisotopic (exact) mass is 429 g/mol. The predicted octanol–water partition coefficient (Wildman–Crippen LogP) is 4.95. The van der Waals surface area contributed by atoms with E-state index in [-0.39, 0.29) is 11.8 Å². The van der Waals surface area contributed by atoms with Crippen LogP contribution in [0.4, 0.5) is 27.7 Å². The molecule has 4 N–H and O–H groups in total. The van der Waals surface area contributed by atoms with Crippen LogP contribution in [0.1, 0.15) is 42.5 Å². The summed E-state index contributed by atoms with van der Waals surface area (Å²) in [5.41, 5.74) is 3.36. The number of aromatic nitrogens is 4. The van der Waals surface area contributed by atoms with Crippen molar-refractivity contribution in [3.05, 3.63) is 52.1 Å². The summed E-state index contributed by atoms with van der Waals surface area (Å²) in [5, 5.41) is 16.7. The highest BCUT2D eigenvalue weighted by Gasteiger charge is 2.22. The average Bonchev–Trinajstić information content (AvgIpc) is 3.11. The van der Waals surface area contributed by atoms with E-state index >= 15 is 0 Å². The molecule has 9 heteroatoms. The molecule has 30 heavy (non-hydrogen) atoms. The highest BCUT2D eigenvalue weighted by atomic mass is 35.5. The Bertz CT molecular complexity index is 1050. The third kappa shape index (κ3) is 4.55. The maximum absolute atomic E-state index is 14.9. The molecule has 3 heterocycles. The molecular weight excluding hydrogens is 405 g/mol. The fraction of sp³-hybridized carbons (Fsp3) is 0.381. The quantitative estimate of drug-likeness (QED) is 0.458. The van der Waals surface area contributed by atoms with Crippen LogP contribution in [0.2, 0.25) is 5.02 Å². The summed E-state index contributed by atoms with van der Waals surface area (Å²) >= 11 is 6.20. The van der Waals surface area contributed by atoms with Crippen molar-refractivity contribution >= 4 is 34.9 Å². The van der Waals surface area contributed by atoms with Gasteiger partial charge in [-0.05, 0) is 69.3 Å². The molecule has 7 nitrogen and oxygen atoms in total. The number of H-pyrrole nitrogens is 1. The summed E-state index contributed by atoms with van der Waals surface area (Å²) in [7, 11) is 0. The number of nitrogens with zero attached hydrogens (tertiary/aromatic N) is 3. The molecular formula is C21H25ClFN7. The van der Waals surface area contributed by atoms with Crippen LogP contribution in [-0.2, 0) is 0 Å². The minimum absolute atomic E-state index is 0.246. The fourth-order valence-corrected chi connectivity index (χ4v) is 4.02. The Morgan fingerprint density at radius 3 is 2.77 bits per heavy atom. The standard InChI is InChI=1S/C21H25ClFN7/c1-11-6-18(17(23)9-15(11)14-4-5-24-12(2)7-14)26-21-25-10-16(22)20(28-21)27-19-8-13(3)29-30-19/h6,8-10,12,14,24H,4-5,7H2,1-3H3,(H3,25,26,27,28,29,30)/t12-,14-/m0/s1. The molecule has 0 radical (unpaired) electrons. The second-order valence-electron chi connectivity index (χ2n) is 7.84. The van der Waals surface area contributed by atoms with E-state index in [1.54, 1.807) is 6.07 Å². The normalized spacial score (nSPS) is 19.0. The van der Waals surface area contributed by atoms with Gasteiger partial charge in [-0.3, -0.25) is 5.10 Å². The molecule has 0 bridgehead atoms. The Hall–Kier alpha value is -2.71. The second kappa shape index (κ2) is 8.57. The predicted molar refractivity (Wildman–Crippen MR) is 118 cm³/mol. The van der Waals surface area contributed by atoms with E-state index in [0.29, 0.717) is 34.3 Å². The van der Waals surface area contributed by atoms with Crippen molar-refractivity contribution in [2.24, 2.45) is 0 Å². The highest BCUT2D eigenvalue weighted by molar-refractivity contribution is 6.32. The summed E-state index contributed by atoms with van der Waals surface area (Å²) in [4.78, 5) is 8.55. The summed E-state index contributed by atoms with van der Waals surface area (Å²) in [6.07, 6.45) is 3.49. The Morgan fingerprint density at radius 2 is 2.03 bits per heavy atom. The molecule has 0 amide bonds. The lowest BCUT2D eigenvalue weighted by atomic mass is 9.84. The lowest BCUT2D eigenvalue weighted by molar-refractivity contribution is 0.379. The lowest BCUT2D eigenvalue weighted by Gasteiger charge is -2.29. The van der Waals surface area contributed by atoms with Crippen molar-refractivity contribution in [2.45, 2.75) is 45.6 Å². The van der Waals surface area contributed by atoms with Gasteiger partial charge in [-0.15, -0.1) is 0 Å². The summed E-state index contributed by atoms with van der Waals surface area (Å²) in [6.45, 7) is 7.03. The van der Waals surface area contributed by atoms with Gasteiger partial charge in [0.2, 0.25) is 5.95 Å². The number of hydrogen-bond donors (Lipinski definition) is 4. The number of aryl methyl sites for hydroxylation is 2. The largest absolute Gasteiger partial charge is 0.322 e. The molecule has 0 saturated carbocycles. The number of hydrogen-bond acceptors (Lipinski definition) is 6. The molecule has 158 valence electrons. The van der Waals surface area contributed by atoms with Gasteiger partial charge in [-0.2, -0.15) is 10.1 Å². The van der Waals surface area contributed by atoms with E-state index in [2.05, 4.69) is 43.0 Å². The molecule has 1 aliphatic heterocycles. The third-order valence-electron chi connectivity index (χ3n) is 5.36. The molecule has 3 aromatic rings. The zero-order valence-electron chi connectivity index (χ0n) is 17.2. The maximum atomic E-state index is 14.9. The van der Waals surface area contributed by atoms with Crippen LogP contribution >= 0.6 is 11.6 Å². The fourth-order valence-electron chi connectivity index (χ4n) is 3.89. The number of anilines is 4. The molecule has 1 aromatic carbocycles. The zero-order chi connectivity index (χ0) is 21.3. The average molecular weight is 430 g/mol. The topological polar surface area (TPSA) is 90.6 Å². The van der Waals surface area contributed by atoms with Crippen LogP contribution in [0, 0.1) is 19.7 Å². The second-order valence-corrected chi connectivity index (χ2v) is 8.25. The number of aromatic amines is 1. The van der Waals surface area contributed by atoms with Gasteiger partial charge in [0.05, 0.1) is 11.9 Å². The number of benzene rings is 1. The first-order valence-electron chi connectivity index (χ1n) is 10.0. The number of rotatable bonds is 5. The van der Waals surface area contributed by atoms with Crippen molar-refractivity contribution in [3.63, 3.8) is 0 Å². The molecule has 0 unspecified atom stereocenters. The van der Waals surface area contributed by atoms with Crippen LogP contribution in [0.5, 0.6) is 0 Å². The van der Waals surface area contributed by atoms with E-state index in [0.717, 1.165) is 36.2 Å². The zero-order valence-corrected chi connectivity index (χ0v) is 17.9. The van der Waals surface area contributed by atoms with Gasteiger partial charge in [0.1, 0.15) is 10.8 Å². The number of nitrogens with one attached hydrogen (secondary N) is 4. The van der Waals surface area contributed by atoms with Gasteiger partial charge in [-0.25, -0.2) is 9.37 Å². The van der Waals surface area contributed by atoms with Crippen LogP contribution in [0.15, 0.2) is 24.4 Å². The van der Waals surface area contributed by atoms with Gasteiger partial charge in [0, 0.05) is 17.8 Å². The number of halogens is 2. The molecule has 2 atom stereocenters. The Morgan fingerprint density at radius 1 is 1.20 bits per heavy atom. The molecule has 1 aliphatic rings. The first-order valence-corrected chi connectivity index (χ1v) is 10.4. The van der Waals surface area contributed by atoms with Crippen molar-refractivity contribution in [1.82, 2.24) is 25.5 Å². The van der Waals surface area contributed by atoms with Crippen LogP contribution in [0.25, 0.3) is 0 Å². The van der Waals surface area contributed by atoms with Crippen LogP contribution < -0.4 is 16.0 Å². The van der Waals surface area contributed by atoms with Gasteiger partial charge in [-0.1, -0.05) is 11.6 Å². The molecule has 2 aromatic heterocycles. The first-order chi connectivity index (χ1) is 14.4. The Balaban J connectivity index is 1.55.